The molecule has 0 bridgehead atoms. The van der Waals surface area contributed by atoms with Crippen molar-refractivity contribution in [3.63, 3.8) is 0 Å². The molecule has 0 aliphatic heterocycles. The average Bonchev–Trinajstić information content (AvgIpc) is 2.49. The Morgan fingerprint density at radius 2 is 1.90 bits per heavy atom. The molecule has 0 saturated heterocycles. The monoisotopic (exact) mass is 288 g/mol. The fraction of sp³-hybridized carbons (Fsp3) is 0.294. The summed E-state index contributed by atoms with van der Waals surface area (Å²) in [5.41, 5.74) is 7.93. The van der Waals surface area contributed by atoms with E-state index in [1.54, 1.807) is 19.2 Å². The van der Waals surface area contributed by atoms with Gasteiger partial charge in [0.05, 0.1) is 7.11 Å². The Balaban J connectivity index is 2.10. The number of nitrogens with two attached hydrogens (primary N) is 1. The van der Waals surface area contributed by atoms with Crippen molar-refractivity contribution < 1.29 is 9.13 Å². The van der Waals surface area contributed by atoms with Crippen LogP contribution in [0.15, 0.2) is 48.5 Å². The molecule has 0 fully saturated rings. The second kappa shape index (κ2) is 7.20. The van der Waals surface area contributed by atoms with Crippen molar-refractivity contribution >= 4 is 0 Å². The lowest BCUT2D eigenvalue weighted by atomic mass is 10.0. The second-order valence-electron chi connectivity index (χ2n) is 5.07. The van der Waals surface area contributed by atoms with Crippen LogP contribution in [0, 0.1) is 5.82 Å². The third kappa shape index (κ3) is 4.03. The van der Waals surface area contributed by atoms with Gasteiger partial charge in [0.25, 0.3) is 0 Å². The summed E-state index contributed by atoms with van der Waals surface area (Å²) < 4.78 is 18.5. The number of benzene rings is 2. The van der Waals surface area contributed by atoms with Crippen molar-refractivity contribution in [2.45, 2.75) is 12.6 Å². The second-order valence-corrected chi connectivity index (χ2v) is 5.07. The van der Waals surface area contributed by atoms with E-state index in [0.717, 1.165) is 23.4 Å². The lowest BCUT2D eigenvalue weighted by Gasteiger charge is -2.27. The normalized spacial score (nSPS) is 12.4. The standard InChI is InChI=1S/C17H21FN2O/c1-20(12-13-6-8-16(21-2)9-7-13)17(11-19)14-4-3-5-15(18)10-14/h3-10,17H,11-12,19H2,1-2H3. The Hall–Kier alpha value is -1.91. The topological polar surface area (TPSA) is 38.5 Å². The summed E-state index contributed by atoms with van der Waals surface area (Å²) in [6, 6.07) is 14.5. The number of nitrogens with zero attached hydrogens (tertiary/aromatic N) is 1. The summed E-state index contributed by atoms with van der Waals surface area (Å²) in [5, 5.41) is 0. The minimum absolute atomic E-state index is 0.0113. The molecule has 3 nitrogen and oxygen atoms in total. The van der Waals surface area contributed by atoms with Crippen molar-refractivity contribution in [3.8, 4) is 5.75 Å². The Bertz CT molecular complexity index is 571. The largest absolute Gasteiger partial charge is 0.497 e. The zero-order chi connectivity index (χ0) is 15.2. The molecule has 1 atom stereocenters. The fourth-order valence-corrected chi connectivity index (χ4v) is 2.41. The quantitative estimate of drug-likeness (QED) is 0.888. The SMILES string of the molecule is COc1ccc(CN(C)C(CN)c2cccc(F)c2)cc1. The van der Waals surface area contributed by atoms with Crippen LogP contribution in [0.5, 0.6) is 5.75 Å². The van der Waals surface area contributed by atoms with Gasteiger partial charge in [-0.25, -0.2) is 4.39 Å². The van der Waals surface area contributed by atoms with Crippen LogP contribution in [0.3, 0.4) is 0 Å². The van der Waals surface area contributed by atoms with Crippen molar-refractivity contribution in [2.75, 3.05) is 20.7 Å². The van der Waals surface area contributed by atoms with Gasteiger partial charge in [-0.2, -0.15) is 0 Å². The lowest BCUT2D eigenvalue weighted by Crippen LogP contribution is -2.30. The molecular formula is C17H21FN2O. The molecule has 2 aromatic carbocycles. The molecule has 4 heteroatoms. The highest BCUT2D eigenvalue weighted by molar-refractivity contribution is 5.27. The summed E-state index contributed by atoms with van der Waals surface area (Å²) >= 11 is 0. The Morgan fingerprint density at radius 3 is 2.48 bits per heavy atom. The molecule has 0 saturated carbocycles. The number of halogens is 1. The first kappa shape index (κ1) is 15.5. The molecule has 0 spiro atoms. The van der Waals surface area contributed by atoms with Crippen LogP contribution < -0.4 is 10.5 Å². The summed E-state index contributed by atoms with van der Waals surface area (Å²) in [6.45, 7) is 1.18. The first-order valence-corrected chi connectivity index (χ1v) is 6.92. The number of hydrogen-bond acceptors (Lipinski definition) is 3. The fourth-order valence-electron chi connectivity index (χ4n) is 2.41. The molecule has 0 radical (unpaired) electrons. The van der Waals surface area contributed by atoms with E-state index in [-0.39, 0.29) is 11.9 Å². The number of rotatable bonds is 6. The molecular weight excluding hydrogens is 267 g/mol. The van der Waals surface area contributed by atoms with Gasteiger partial charge in [0.2, 0.25) is 0 Å². The van der Waals surface area contributed by atoms with E-state index in [2.05, 4.69) is 4.90 Å². The third-order valence-electron chi connectivity index (χ3n) is 3.58. The zero-order valence-corrected chi connectivity index (χ0v) is 12.4. The van der Waals surface area contributed by atoms with E-state index in [1.165, 1.54) is 6.07 Å². The van der Waals surface area contributed by atoms with Gasteiger partial charge in [0, 0.05) is 19.1 Å². The average molecular weight is 288 g/mol. The van der Waals surface area contributed by atoms with Crippen LogP contribution in [0.25, 0.3) is 0 Å². The number of hydrogen-bond donors (Lipinski definition) is 1. The highest BCUT2D eigenvalue weighted by atomic mass is 19.1. The van der Waals surface area contributed by atoms with E-state index < -0.39 is 0 Å². The molecule has 0 aliphatic carbocycles. The van der Waals surface area contributed by atoms with Crippen molar-refractivity contribution in [3.05, 3.63) is 65.5 Å². The molecule has 112 valence electrons. The minimum Gasteiger partial charge on any atom is -0.497 e. The van der Waals surface area contributed by atoms with Crippen LogP contribution in [-0.2, 0) is 6.54 Å². The predicted molar refractivity (Wildman–Crippen MR) is 82.7 cm³/mol. The van der Waals surface area contributed by atoms with Gasteiger partial charge in [-0.05, 0) is 42.4 Å². The molecule has 2 N–H and O–H groups in total. The first-order valence-electron chi connectivity index (χ1n) is 6.92. The molecule has 0 aliphatic rings. The van der Waals surface area contributed by atoms with Crippen molar-refractivity contribution in [1.82, 2.24) is 4.90 Å². The van der Waals surface area contributed by atoms with Gasteiger partial charge in [-0.1, -0.05) is 24.3 Å². The Kier molecular flexibility index (Phi) is 5.31. The zero-order valence-electron chi connectivity index (χ0n) is 12.4. The number of methoxy groups -OCH3 is 1. The number of ether oxygens (including phenoxy) is 1. The van der Waals surface area contributed by atoms with E-state index >= 15 is 0 Å². The first-order chi connectivity index (χ1) is 10.1. The van der Waals surface area contributed by atoms with Crippen LogP contribution >= 0.6 is 0 Å². The maximum absolute atomic E-state index is 13.4. The predicted octanol–water partition coefficient (Wildman–Crippen LogP) is 2.97. The molecule has 2 aromatic rings. The Labute approximate surface area is 125 Å². The summed E-state index contributed by atoms with van der Waals surface area (Å²) in [7, 11) is 3.64. The van der Waals surface area contributed by atoms with Gasteiger partial charge in [0.15, 0.2) is 0 Å². The van der Waals surface area contributed by atoms with Gasteiger partial charge < -0.3 is 10.5 Å². The van der Waals surface area contributed by atoms with E-state index in [1.807, 2.05) is 37.4 Å². The van der Waals surface area contributed by atoms with Crippen LogP contribution in [0.1, 0.15) is 17.2 Å². The number of likely N-dealkylation sites (N-methyl/N-ethyl adjacent to an activating group) is 1. The van der Waals surface area contributed by atoms with Crippen molar-refractivity contribution in [1.29, 1.82) is 0 Å². The molecule has 0 aromatic heterocycles. The van der Waals surface area contributed by atoms with E-state index in [4.69, 9.17) is 10.5 Å². The van der Waals surface area contributed by atoms with Gasteiger partial charge in [0.1, 0.15) is 11.6 Å². The highest BCUT2D eigenvalue weighted by Crippen LogP contribution is 2.22. The van der Waals surface area contributed by atoms with Gasteiger partial charge in [-0.3, -0.25) is 4.90 Å². The summed E-state index contributed by atoms with van der Waals surface area (Å²) in [4.78, 5) is 2.12. The molecule has 21 heavy (non-hydrogen) atoms. The Morgan fingerprint density at radius 1 is 1.19 bits per heavy atom. The lowest BCUT2D eigenvalue weighted by molar-refractivity contribution is 0.241. The molecule has 0 heterocycles. The van der Waals surface area contributed by atoms with Gasteiger partial charge in [-0.15, -0.1) is 0 Å². The molecule has 2 rings (SSSR count). The summed E-state index contributed by atoms with van der Waals surface area (Å²) in [5.74, 6) is 0.603. The maximum atomic E-state index is 13.4. The van der Waals surface area contributed by atoms with E-state index in [0.29, 0.717) is 6.54 Å². The van der Waals surface area contributed by atoms with Crippen molar-refractivity contribution in [2.24, 2.45) is 5.73 Å². The van der Waals surface area contributed by atoms with Gasteiger partial charge >= 0.3 is 0 Å². The highest BCUT2D eigenvalue weighted by Gasteiger charge is 2.16. The summed E-state index contributed by atoms with van der Waals surface area (Å²) in [6.07, 6.45) is 0. The van der Waals surface area contributed by atoms with Crippen LogP contribution in [-0.4, -0.2) is 25.6 Å². The van der Waals surface area contributed by atoms with Crippen LogP contribution in [0.2, 0.25) is 0 Å². The van der Waals surface area contributed by atoms with Crippen LogP contribution in [0.4, 0.5) is 4.39 Å². The smallest absolute Gasteiger partial charge is 0.123 e. The minimum atomic E-state index is -0.233. The maximum Gasteiger partial charge on any atom is 0.123 e. The third-order valence-corrected chi connectivity index (χ3v) is 3.58. The van der Waals surface area contributed by atoms with E-state index in [9.17, 15) is 4.39 Å². The molecule has 1 unspecified atom stereocenters. The molecule has 0 amide bonds.